The van der Waals surface area contributed by atoms with Gasteiger partial charge in [0.05, 0.1) is 7.11 Å². The van der Waals surface area contributed by atoms with Crippen molar-refractivity contribution in [2.24, 2.45) is 5.41 Å². The van der Waals surface area contributed by atoms with E-state index in [2.05, 4.69) is 15.3 Å². The number of nitrogens with two attached hydrogens (primary N) is 1. The Labute approximate surface area is 239 Å². The van der Waals surface area contributed by atoms with Gasteiger partial charge in [0.2, 0.25) is 17.9 Å². The number of rotatable bonds is 7. The number of piperidine rings is 1. The maximum atomic E-state index is 14.5. The topological polar surface area (TPSA) is 123 Å². The highest BCUT2D eigenvalue weighted by molar-refractivity contribution is 6.30. The van der Waals surface area contributed by atoms with Crippen molar-refractivity contribution in [3.05, 3.63) is 59.1 Å². The molecular weight excluding hydrogens is 563 g/mol. The summed E-state index contributed by atoms with van der Waals surface area (Å²) in [5.74, 6) is -0.606. The van der Waals surface area contributed by atoms with Gasteiger partial charge in [-0.15, -0.1) is 0 Å². The van der Waals surface area contributed by atoms with Crippen LogP contribution in [0.1, 0.15) is 30.9 Å². The van der Waals surface area contributed by atoms with E-state index in [4.69, 9.17) is 26.8 Å². The number of hydrogen-bond acceptors (Lipinski definition) is 8. The first-order valence-electron chi connectivity index (χ1n) is 13.0. The minimum Gasteiger partial charge on any atom is -0.497 e. The van der Waals surface area contributed by atoms with Gasteiger partial charge in [0, 0.05) is 36.3 Å². The fraction of sp³-hybridized carbons (Fsp3) is 0.393. The second-order valence-corrected chi connectivity index (χ2v) is 10.8. The average Bonchev–Trinajstić information content (AvgIpc) is 3.35. The van der Waals surface area contributed by atoms with Crippen molar-refractivity contribution < 1.29 is 32.5 Å². The summed E-state index contributed by atoms with van der Waals surface area (Å²) < 4.78 is 54.4. The van der Waals surface area contributed by atoms with E-state index in [0.29, 0.717) is 56.0 Å². The first kappa shape index (κ1) is 28.7. The monoisotopic (exact) mass is 591 g/mol. The second-order valence-electron chi connectivity index (χ2n) is 10.4. The number of aromatic nitrogens is 2. The summed E-state index contributed by atoms with van der Waals surface area (Å²) in [7, 11) is 1.47. The van der Waals surface area contributed by atoms with Crippen molar-refractivity contribution in [1.82, 2.24) is 15.3 Å². The number of halogens is 4. The highest BCUT2D eigenvalue weighted by atomic mass is 35.5. The molecule has 41 heavy (non-hydrogen) atoms. The molecular formula is C28H29ClF3N5O4. The third-order valence-electron chi connectivity index (χ3n) is 7.73. The summed E-state index contributed by atoms with van der Waals surface area (Å²) >= 11 is 6.19. The largest absolute Gasteiger partial charge is 0.497 e. The Morgan fingerprint density at radius 3 is 2.61 bits per heavy atom. The van der Waals surface area contributed by atoms with E-state index < -0.39 is 24.3 Å². The predicted octanol–water partition coefficient (Wildman–Crippen LogP) is 5.10. The van der Waals surface area contributed by atoms with E-state index in [9.17, 15) is 23.1 Å². The molecule has 4 N–H and O–H groups in total. The minimum atomic E-state index is -4.81. The molecule has 2 atom stereocenters. The number of hydrogen-bond donors (Lipinski definition) is 3. The van der Waals surface area contributed by atoms with Crippen LogP contribution in [0.25, 0.3) is 11.1 Å². The second kappa shape index (κ2) is 11.2. The zero-order valence-electron chi connectivity index (χ0n) is 22.1. The molecule has 1 unspecified atom stereocenters. The molecule has 2 aliphatic heterocycles. The number of nitrogens with zero attached hydrogens (tertiary/aromatic N) is 3. The molecule has 0 saturated carbocycles. The molecule has 0 bridgehead atoms. The molecule has 1 aromatic heterocycles. The average molecular weight is 592 g/mol. The smallest absolute Gasteiger partial charge is 0.429 e. The third-order valence-corrected chi connectivity index (χ3v) is 7.96. The minimum absolute atomic E-state index is 0.149. The Bertz CT molecular complexity index is 1430. The maximum absolute atomic E-state index is 14.5. The van der Waals surface area contributed by atoms with Crippen molar-refractivity contribution in [1.29, 1.82) is 0 Å². The molecule has 218 valence electrons. The van der Waals surface area contributed by atoms with Gasteiger partial charge in [-0.1, -0.05) is 29.8 Å². The molecule has 13 heteroatoms. The lowest BCUT2D eigenvalue weighted by Crippen LogP contribution is -2.41. The van der Waals surface area contributed by atoms with Gasteiger partial charge in [-0.3, -0.25) is 4.79 Å². The Morgan fingerprint density at radius 1 is 1.20 bits per heavy atom. The van der Waals surface area contributed by atoms with Gasteiger partial charge in [-0.2, -0.15) is 23.1 Å². The Hall–Kier alpha value is -3.77. The number of ether oxygens (including phenoxy) is 2. The van der Waals surface area contributed by atoms with Crippen LogP contribution in [0.5, 0.6) is 11.6 Å². The summed E-state index contributed by atoms with van der Waals surface area (Å²) in [6, 6.07) is 11.5. The molecule has 1 spiro atoms. The van der Waals surface area contributed by atoms with Gasteiger partial charge in [0.25, 0.3) is 0 Å². The normalized spacial score (nSPS) is 19.2. The van der Waals surface area contributed by atoms with E-state index in [0.717, 1.165) is 0 Å². The lowest BCUT2D eigenvalue weighted by molar-refractivity contribution is -0.198. The fourth-order valence-electron chi connectivity index (χ4n) is 5.56. The number of alkyl halides is 3. The number of nitrogens with one attached hydrogen (secondary N) is 1. The summed E-state index contributed by atoms with van der Waals surface area (Å²) in [6.45, 7) is 1.66. The van der Waals surface area contributed by atoms with E-state index >= 15 is 0 Å². The van der Waals surface area contributed by atoms with Crippen LogP contribution < -0.4 is 25.4 Å². The van der Waals surface area contributed by atoms with Crippen molar-refractivity contribution in [3.8, 4) is 22.8 Å². The van der Waals surface area contributed by atoms with Crippen LogP contribution in [0, 0.1) is 5.41 Å². The molecule has 9 nitrogen and oxygen atoms in total. The summed E-state index contributed by atoms with van der Waals surface area (Å²) in [6.07, 6.45) is -5.27. The van der Waals surface area contributed by atoms with E-state index in [-0.39, 0.29) is 33.4 Å². The van der Waals surface area contributed by atoms with Crippen molar-refractivity contribution in [2.75, 3.05) is 37.4 Å². The van der Waals surface area contributed by atoms with Gasteiger partial charge < -0.3 is 30.5 Å². The Balaban J connectivity index is 1.42. The molecule has 3 heterocycles. The number of benzene rings is 2. The Morgan fingerprint density at radius 2 is 1.95 bits per heavy atom. The van der Waals surface area contributed by atoms with E-state index in [1.807, 2.05) is 4.90 Å². The first-order chi connectivity index (χ1) is 19.5. The van der Waals surface area contributed by atoms with Gasteiger partial charge >= 0.3 is 12.1 Å². The molecule has 2 fully saturated rings. The summed E-state index contributed by atoms with van der Waals surface area (Å²) in [5.41, 5.74) is 6.30. The van der Waals surface area contributed by atoms with Gasteiger partial charge in [-0.25, -0.2) is 0 Å². The number of aliphatic carboxylic acids is 1. The van der Waals surface area contributed by atoms with E-state index in [1.165, 1.54) is 31.4 Å². The zero-order valence-corrected chi connectivity index (χ0v) is 22.9. The lowest BCUT2D eigenvalue weighted by atomic mass is 9.76. The number of carboxylic acid groups (broad SMARTS) is 1. The molecule has 5 rings (SSSR count). The molecule has 0 radical (unpaired) electrons. The van der Waals surface area contributed by atoms with Crippen LogP contribution in [0.2, 0.25) is 5.02 Å². The van der Waals surface area contributed by atoms with Gasteiger partial charge in [0.15, 0.2) is 0 Å². The van der Waals surface area contributed by atoms with Crippen LogP contribution in [0.4, 0.5) is 24.9 Å². The Kier molecular flexibility index (Phi) is 7.89. The van der Waals surface area contributed by atoms with E-state index in [1.54, 1.807) is 24.3 Å². The number of methoxy groups -OCH3 is 1. The number of carbonyl (C=O) groups is 1. The quantitative estimate of drug-likeness (QED) is 0.344. The highest BCUT2D eigenvalue weighted by Crippen LogP contribution is 2.43. The molecule has 2 saturated heterocycles. The number of anilines is 2. The lowest BCUT2D eigenvalue weighted by Gasteiger charge is -2.39. The van der Waals surface area contributed by atoms with Gasteiger partial charge in [-0.05, 0) is 60.1 Å². The molecule has 0 amide bonds. The van der Waals surface area contributed by atoms with Crippen LogP contribution in [0.3, 0.4) is 0 Å². The zero-order chi connectivity index (χ0) is 29.4. The fourth-order valence-corrected chi connectivity index (χ4v) is 5.73. The van der Waals surface area contributed by atoms with Crippen molar-refractivity contribution in [2.45, 2.75) is 37.6 Å². The van der Waals surface area contributed by atoms with Crippen LogP contribution in [0.15, 0.2) is 48.5 Å². The molecule has 2 aromatic carbocycles. The highest BCUT2D eigenvalue weighted by Gasteiger charge is 2.46. The summed E-state index contributed by atoms with van der Waals surface area (Å²) in [4.78, 5) is 21.5. The molecule has 2 aliphatic rings. The predicted molar refractivity (Wildman–Crippen MR) is 147 cm³/mol. The SMILES string of the molecule is COc1cccc(-c2cc(Cl)ccc2C(Oc2cc(N3CCC4(CC3)CN[C@H](C(=O)O)C4)nc(N)n2)C(F)(F)F)c1. The maximum Gasteiger partial charge on any atom is 0.429 e. The first-order valence-corrected chi connectivity index (χ1v) is 13.4. The molecule has 3 aromatic rings. The molecule has 0 aliphatic carbocycles. The van der Waals surface area contributed by atoms with Crippen LogP contribution >= 0.6 is 11.6 Å². The van der Waals surface area contributed by atoms with Gasteiger partial charge in [0.1, 0.15) is 17.6 Å². The van der Waals surface area contributed by atoms with Crippen LogP contribution in [-0.4, -0.2) is 60.0 Å². The van der Waals surface area contributed by atoms with Crippen molar-refractivity contribution in [3.63, 3.8) is 0 Å². The number of nitrogen functional groups attached to an aromatic ring is 1. The number of carboxylic acids is 1. The summed E-state index contributed by atoms with van der Waals surface area (Å²) in [5, 5.41) is 12.7. The van der Waals surface area contributed by atoms with Crippen molar-refractivity contribution >= 4 is 29.3 Å². The standard InChI is InChI=1S/C28H29ClF3N5O4/c1-40-18-4-2-3-16(11-18)20-12-17(29)5-6-19(20)24(28(30,31)32)41-23-13-22(35-26(33)36-23)37-9-7-27(8-10-37)14-21(25(38)39)34-15-27/h2-6,11-13,21,24,34H,7-10,14-15H2,1H3,(H,38,39)(H2,33,35,36)/t21-,24?/m0/s1. The third kappa shape index (κ3) is 6.28. The van der Waals surface area contributed by atoms with Crippen LogP contribution in [-0.2, 0) is 4.79 Å².